The molecule has 0 unspecified atom stereocenters. The van der Waals surface area contributed by atoms with E-state index in [1.54, 1.807) is 0 Å². The van der Waals surface area contributed by atoms with Crippen LogP contribution in [0.3, 0.4) is 0 Å². The van der Waals surface area contributed by atoms with E-state index in [-0.39, 0.29) is 18.4 Å². The van der Waals surface area contributed by atoms with Crippen LogP contribution in [0.1, 0.15) is 33.6 Å². The third-order valence-electron chi connectivity index (χ3n) is 1.49. The van der Waals surface area contributed by atoms with Gasteiger partial charge in [-0.15, -0.1) is 0 Å². The van der Waals surface area contributed by atoms with Crippen molar-refractivity contribution >= 4 is 11.9 Å². The lowest BCUT2D eigenvalue weighted by atomic mass is 10.2. The standard InChI is InChI=1S/C10H20N2O3/c1-10(2,3)15-9(14)5-4-6-12-8(13)7-11/h4-7,11H2,1-3H3,(H,12,13). The van der Waals surface area contributed by atoms with Gasteiger partial charge in [-0.05, 0) is 27.2 Å². The van der Waals surface area contributed by atoms with Crippen LogP contribution >= 0.6 is 0 Å². The van der Waals surface area contributed by atoms with E-state index in [1.807, 2.05) is 20.8 Å². The molecule has 0 spiro atoms. The summed E-state index contributed by atoms with van der Waals surface area (Å²) < 4.78 is 5.09. The van der Waals surface area contributed by atoms with Crippen LogP contribution in [-0.2, 0) is 14.3 Å². The minimum absolute atomic E-state index is 0.0214. The Hall–Kier alpha value is -1.10. The van der Waals surface area contributed by atoms with Crippen molar-refractivity contribution in [3.8, 4) is 0 Å². The summed E-state index contributed by atoms with van der Waals surface area (Å²) in [6, 6.07) is 0. The van der Waals surface area contributed by atoms with Crippen molar-refractivity contribution in [2.24, 2.45) is 5.73 Å². The van der Waals surface area contributed by atoms with Crippen LogP contribution in [0.2, 0.25) is 0 Å². The zero-order valence-corrected chi connectivity index (χ0v) is 9.63. The molecule has 5 nitrogen and oxygen atoms in total. The van der Waals surface area contributed by atoms with Crippen LogP contribution in [0.15, 0.2) is 0 Å². The smallest absolute Gasteiger partial charge is 0.306 e. The molecular formula is C10H20N2O3. The fraction of sp³-hybridized carbons (Fsp3) is 0.800. The first-order valence-electron chi connectivity index (χ1n) is 5.04. The molecule has 3 N–H and O–H groups in total. The average Bonchev–Trinajstić information content (AvgIpc) is 2.09. The summed E-state index contributed by atoms with van der Waals surface area (Å²) in [5, 5.41) is 2.58. The molecule has 88 valence electrons. The number of carbonyl (C=O) groups excluding carboxylic acids is 2. The second-order valence-corrected chi connectivity index (χ2v) is 4.24. The number of hydrogen-bond acceptors (Lipinski definition) is 4. The molecule has 0 aliphatic carbocycles. The second kappa shape index (κ2) is 6.40. The van der Waals surface area contributed by atoms with Gasteiger partial charge in [-0.25, -0.2) is 0 Å². The summed E-state index contributed by atoms with van der Waals surface area (Å²) in [5.41, 5.74) is 4.65. The average molecular weight is 216 g/mol. The van der Waals surface area contributed by atoms with Gasteiger partial charge in [-0.1, -0.05) is 0 Å². The Labute approximate surface area is 90.4 Å². The minimum atomic E-state index is -0.447. The third kappa shape index (κ3) is 9.21. The molecule has 0 radical (unpaired) electrons. The second-order valence-electron chi connectivity index (χ2n) is 4.24. The molecule has 0 saturated carbocycles. The van der Waals surface area contributed by atoms with Crippen LogP contribution in [0.4, 0.5) is 0 Å². The lowest BCUT2D eigenvalue weighted by Gasteiger charge is -2.19. The van der Waals surface area contributed by atoms with Crippen LogP contribution in [0, 0.1) is 0 Å². The zero-order chi connectivity index (χ0) is 11.9. The molecule has 0 aromatic rings. The highest BCUT2D eigenvalue weighted by Crippen LogP contribution is 2.08. The van der Waals surface area contributed by atoms with E-state index in [2.05, 4.69) is 5.32 Å². The van der Waals surface area contributed by atoms with Gasteiger partial charge in [0.2, 0.25) is 5.91 Å². The Kier molecular flexibility index (Phi) is 5.93. The monoisotopic (exact) mass is 216 g/mol. The molecule has 0 atom stereocenters. The highest BCUT2D eigenvalue weighted by Gasteiger charge is 2.15. The van der Waals surface area contributed by atoms with Crippen LogP contribution in [-0.4, -0.2) is 30.6 Å². The maximum absolute atomic E-state index is 11.2. The van der Waals surface area contributed by atoms with E-state index < -0.39 is 5.60 Å². The Morgan fingerprint density at radius 2 is 1.93 bits per heavy atom. The van der Waals surface area contributed by atoms with Crippen molar-refractivity contribution in [1.29, 1.82) is 0 Å². The quantitative estimate of drug-likeness (QED) is 0.507. The molecule has 0 aliphatic rings. The Morgan fingerprint density at radius 3 is 2.40 bits per heavy atom. The number of nitrogens with two attached hydrogens (primary N) is 1. The van der Waals surface area contributed by atoms with E-state index in [9.17, 15) is 9.59 Å². The molecule has 0 fully saturated rings. The van der Waals surface area contributed by atoms with Crippen molar-refractivity contribution < 1.29 is 14.3 Å². The summed E-state index contributed by atoms with van der Waals surface area (Å²) in [7, 11) is 0. The van der Waals surface area contributed by atoms with Gasteiger partial charge in [0.15, 0.2) is 0 Å². The molecule has 0 aromatic heterocycles. The number of ether oxygens (including phenoxy) is 1. The van der Waals surface area contributed by atoms with Gasteiger partial charge in [-0.3, -0.25) is 9.59 Å². The molecule has 0 aliphatic heterocycles. The fourth-order valence-electron chi connectivity index (χ4n) is 0.925. The molecule has 1 amide bonds. The molecule has 0 aromatic carbocycles. The summed E-state index contributed by atoms with van der Waals surface area (Å²) in [4.78, 5) is 21.9. The normalized spacial score (nSPS) is 10.9. The Balaban J connectivity index is 3.52. The van der Waals surface area contributed by atoms with E-state index in [0.717, 1.165) is 0 Å². The summed E-state index contributed by atoms with van der Waals surface area (Å²) in [6.45, 7) is 5.89. The van der Waals surface area contributed by atoms with Crippen LogP contribution in [0.25, 0.3) is 0 Å². The van der Waals surface area contributed by atoms with Gasteiger partial charge in [0.25, 0.3) is 0 Å². The topological polar surface area (TPSA) is 81.4 Å². The number of rotatable bonds is 5. The largest absolute Gasteiger partial charge is 0.460 e. The maximum Gasteiger partial charge on any atom is 0.306 e. The molecule has 0 heterocycles. The van der Waals surface area contributed by atoms with Crippen LogP contribution in [0.5, 0.6) is 0 Å². The van der Waals surface area contributed by atoms with Gasteiger partial charge < -0.3 is 15.8 Å². The predicted molar refractivity (Wildman–Crippen MR) is 57.1 cm³/mol. The summed E-state index contributed by atoms with van der Waals surface area (Å²) in [5.74, 6) is -0.455. The van der Waals surface area contributed by atoms with Gasteiger partial charge in [0.05, 0.1) is 6.54 Å². The molecule has 5 heteroatoms. The first kappa shape index (κ1) is 13.9. The SMILES string of the molecule is CC(C)(C)OC(=O)CCCNC(=O)CN. The third-order valence-corrected chi connectivity index (χ3v) is 1.49. The number of nitrogens with one attached hydrogen (secondary N) is 1. The minimum Gasteiger partial charge on any atom is -0.460 e. The van der Waals surface area contributed by atoms with Crippen molar-refractivity contribution in [2.45, 2.75) is 39.2 Å². The zero-order valence-electron chi connectivity index (χ0n) is 9.63. The first-order chi connectivity index (χ1) is 6.85. The number of hydrogen-bond donors (Lipinski definition) is 2. The lowest BCUT2D eigenvalue weighted by molar-refractivity contribution is -0.155. The summed E-state index contributed by atoms with van der Waals surface area (Å²) >= 11 is 0. The van der Waals surface area contributed by atoms with Gasteiger partial charge in [0.1, 0.15) is 5.60 Å². The van der Waals surface area contributed by atoms with Gasteiger partial charge >= 0.3 is 5.97 Å². The summed E-state index contributed by atoms with van der Waals surface area (Å²) in [6.07, 6.45) is 0.878. The van der Waals surface area contributed by atoms with E-state index in [4.69, 9.17) is 10.5 Å². The Morgan fingerprint density at radius 1 is 1.33 bits per heavy atom. The van der Waals surface area contributed by atoms with Gasteiger partial charge in [-0.2, -0.15) is 0 Å². The molecule has 15 heavy (non-hydrogen) atoms. The fourth-order valence-corrected chi connectivity index (χ4v) is 0.925. The molecule has 0 bridgehead atoms. The maximum atomic E-state index is 11.2. The van der Waals surface area contributed by atoms with E-state index in [0.29, 0.717) is 19.4 Å². The predicted octanol–water partition coefficient (Wildman–Crippen LogP) is 0.183. The number of amides is 1. The highest BCUT2D eigenvalue weighted by atomic mass is 16.6. The lowest BCUT2D eigenvalue weighted by Crippen LogP contribution is -2.31. The van der Waals surface area contributed by atoms with Crippen molar-refractivity contribution in [2.75, 3.05) is 13.1 Å². The molecule has 0 saturated heterocycles. The van der Waals surface area contributed by atoms with E-state index in [1.165, 1.54) is 0 Å². The number of carbonyl (C=O) groups is 2. The van der Waals surface area contributed by atoms with Crippen LogP contribution < -0.4 is 11.1 Å². The van der Waals surface area contributed by atoms with Crippen molar-refractivity contribution in [1.82, 2.24) is 5.32 Å². The van der Waals surface area contributed by atoms with Crippen molar-refractivity contribution in [3.05, 3.63) is 0 Å². The first-order valence-corrected chi connectivity index (χ1v) is 5.04. The van der Waals surface area contributed by atoms with Crippen molar-refractivity contribution in [3.63, 3.8) is 0 Å². The highest BCUT2D eigenvalue weighted by molar-refractivity contribution is 5.77. The number of esters is 1. The molecular weight excluding hydrogens is 196 g/mol. The molecule has 0 rings (SSSR count). The Bertz CT molecular complexity index is 221. The van der Waals surface area contributed by atoms with Gasteiger partial charge in [0, 0.05) is 13.0 Å². The van der Waals surface area contributed by atoms with E-state index >= 15 is 0 Å².